The predicted octanol–water partition coefficient (Wildman–Crippen LogP) is 9.98. The lowest BCUT2D eigenvalue weighted by Crippen LogP contribution is -2.31. The van der Waals surface area contributed by atoms with Gasteiger partial charge in [-0.3, -0.25) is 14.9 Å². The first-order valence-corrected chi connectivity index (χ1v) is 21.4. The highest BCUT2D eigenvalue weighted by atomic mass is 35.5. The number of halogens is 1. The molecule has 0 bridgehead atoms. The SMILES string of the molecule is CN(C)CC[C@H](CSc1ccccc1)Nc1ccc(S(=O)(=O)NC(=O)c2ccc(C3=CCC(Cc4cc(Cl)ccc4-c4ccccc4)CC3)cc2)cc1[N+](=O)[O-]. The van der Waals surface area contributed by atoms with Gasteiger partial charge < -0.3 is 10.2 Å². The molecular weight excluding hydrogens is 764 g/mol. The van der Waals surface area contributed by atoms with Crippen LogP contribution >= 0.6 is 23.4 Å². The maximum Gasteiger partial charge on any atom is 0.293 e. The van der Waals surface area contributed by atoms with Gasteiger partial charge in [0.05, 0.1) is 9.82 Å². The van der Waals surface area contributed by atoms with Crippen molar-refractivity contribution in [2.75, 3.05) is 31.7 Å². The number of nitrogens with zero attached hydrogens (tertiary/aromatic N) is 2. The van der Waals surface area contributed by atoms with E-state index in [2.05, 4.69) is 40.4 Å². The number of hydrogen-bond donors (Lipinski definition) is 2. The van der Waals surface area contributed by atoms with Gasteiger partial charge in [0, 0.05) is 33.3 Å². The minimum absolute atomic E-state index is 0.140. The molecule has 1 aliphatic carbocycles. The molecule has 2 atom stereocenters. The van der Waals surface area contributed by atoms with Crippen molar-refractivity contribution in [3.8, 4) is 11.1 Å². The van der Waals surface area contributed by atoms with Crippen LogP contribution in [0.4, 0.5) is 11.4 Å². The molecule has 9 nitrogen and oxygen atoms in total. The Morgan fingerprint density at radius 2 is 1.64 bits per heavy atom. The van der Waals surface area contributed by atoms with Crippen molar-refractivity contribution in [1.29, 1.82) is 0 Å². The van der Waals surface area contributed by atoms with Crippen LogP contribution in [0.1, 0.15) is 47.2 Å². The van der Waals surface area contributed by atoms with Crippen LogP contribution in [-0.2, 0) is 16.4 Å². The summed E-state index contributed by atoms with van der Waals surface area (Å²) in [6.07, 6.45) is 6.64. The molecule has 2 N–H and O–H groups in total. The third-order valence-electron chi connectivity index (χ3n) is 9.88. The van der Waals surface area contributed by atoms with Crippen LogP contribution in [0.25, 0.3) is 16.7 Å². The van der Waals surface area contributed by atoms with Crippen LogP contribution in [-0.4, -0.2) is 56.6 Å². The first-order valence-electron chi connectivity index (χ1n) is 18.5. The number of nitro groups is 1. The third kappa shape index (κ3) is 10.9. The van der Waals surface area contributed by atoms with Gasteiger partial charge in [-0.25, -0.2) is 13.1 Å². The summed E-state index contributed by atoms with van der Waals surface area (Å²) in [5.74, 6) is 0.275. The van der Waals surface area contributed by atoms with Gasteiger partial charge in [0.2, 0.25) is 0 Å². The van der Waals surface area contributed by atoms with Crippen LogP contribution in [0.5, 0.6) is 0 Å². The molecule has 1 unspecified atom stereocenters. The van der Waals surface area contributed by atoms with Crippen LogP contribution in [0, 0.1) is 16.0 Å². The summed E-state index contributed by atoms with van der Waals surface area (Å²) in [4.78, 5) is 27.5. The second kappa shape index (κ2) is 18.8. The number of benzene rings is 5. The van der Waals surface area contributed by atoms with Crippen molar-refractivity contribution in [2.24, 2.45) is 5.92 Å². The lowest BCUT2D eigenvalue weighted by Gasteiger charge is -2.23. The third-order valence-corrected chi connectivity index (χ3v) is 12.6. The van der Waals surface area contributed by atoms with Gasteiger partial charge in [-0.15, -0.1) is 11.8 Å². The second-order valence-corrected chi connectivity index (χ2v) is 17.5. The highest BCUT2D eigenvalue weighted by molar-refractivity contribution is 7.99. The molecule has 0 fully saturated rings. The van der Waals surface area contributed by atoms with Crippen LogP contribution in [0.3, 0.4) is 0 Å². The molecule has 12 heteroatoms. The Hall–Kier alpha value is -4.94. The van der Waals surface area contributed by atoms with Crippen LogP contribution < -0.4 is 10.0 Å². The lowest BCUT2D eigenvalue weighted by molar-refractivity contribution is -0.384. The molecule has 0 radical (unpaired) electrons. The van der Waals surface area contributed by atoms with E-state index in [-0.39, 0.29) is 22.2 Å². The van der Waals surface area contributed by atoms with Gasteiger partial charge in [0.15, 0.2) is 0 Å². The van der Waals surface area contributed by atoms with Crippen LogP contribution in [0.15, 0.2) is 137 Å². The molecular formula is C44H45ClN4O5S2. The van der Waals surface area contributed by atoms with Gasteiger partial charge in [0.1, 0.15) is 5.69 Å². The van der Waals surface area contributed by atoms with Gasteiger partial charge in [-0.05, 0) is 135 Å². The Kier molecular flexibility index (Phi) is 13.7. The Bertz CT molecular complexity index is 2290. The normalized spacial score (nSPS) is 14.9. The molecule has 1 amide bonds. The fourth-order valence-electron chi connectivity index (χ4n) is 6.85. The summed E-state index contributed by atoms with van der Waals surface area (Å²) in [6.45, 7) is 0.749. The molecule has 0 heterocycles. The number of amides is 1. The van der Waals surface area contributed by atoms with E-state index in [0.29, 0.717) is 18.1 Å². The number of carbonyl (C=O) groups excluding carboxylic acids is 1. The monoisotopic (exact) mass is 808 g/mol. The van der Waals surface area contributed by atoms with E-state index in [0.717, 1.165) is 53.8 Å². The second-order valence-electron chi connectivity index (χ2n) is 14.2. The summed E-state index contributed by atoms with van der Waals surface area (Å²) in [5, 5.41) is 16.2. The summed E-state index contributed by atoms with van der Waals surface area (Å²) < 4.78 is 28.8. The first-order chi connectivity index (χ1) is 26.9. The fourth-order valence-corrected chi connectivity index (χ4v) is 9.03. The van der Waals surface area contributed by atoms with E-state index in [1.807, 2.05) is 85.7 Å². The maximum atomic E-state index is 13.4. The van der Waals surface area contributed by atoms with E-state index in [9.17, 15) is 23.3 Å². The first kappa shape index (κ1) is 40.7. The number of carbonyl (C=O) groups is 1. The number of anilines is 1. The Labute approximate surface area is 338 Å². The number of thioether (sulfide) groups is 1. The molecule has 0 saturated heterocycles. The standard InChI is InChI=1S/C44H45ClN4O5S2/c1-48(2)26-25-38(30-55-39-11-7-4-8-12-39)46-42-24-22-40(29-43(42)49(51)52)56(53,54)47-44(50)35-19-17-33(18-20-35)32-15-13-31(14-16-32)27-36-28-37(45)21-23-41(36)34-9-5-3-6-10-34/h3-12,15,17-24,28-29,31,38,46H,13-14,16,25-27,30H2,1-2H3,(H,47,50)/t31?,38-/m1/s1. The number of rotatable bonds is 16. The van der Waals surface area contributed by atoms with Gasteiger partial charge in [-0.1, -0.05) is 84.4 Å². The molecule has 56 heavy (non-hydrogen) atoms. The molecule has 1 aliphatic rings. The smallest absolute Gasteiger partial charge is 0.293 e. The topological polar surface area (TPSA) is 122 Å². The summed E-state index contributed by atoms with van der Waals surface area (Å²) in [6, 6.07) is 36.7. The highest BCUT2D eigenvalue weighted by Crippen LogP contribution is 2.36. The minimum Gasteiger partial charge on any atom is -0.376 e. The maximum absolute atomic E-state index is 13.4. The van der Waals surface area contributed by atoms with E-state index >= 15 is 0 Å². The van der Waals surface area contributed by atoms with E-state index in [4.69, 9.17) is 11.6 Å². The van der Waals surface area contributed by atoms with E-state index in [1.54, 1.807) is 23.9 Å². The molecule has 5 aromatic carbocycles. The quantitative estimate of drug-likeness (QED) is 0.0574. The minimum atomic E-state index is -4.43. The van der Waals surface area contributed by atoms with Crippen molar-refractivity contribution >= 4 is 56.2 Å². The van der Waals surface area contributed by atoms with Crippen molar-refractivity contribution in [3.63, 3.8) is 0 Å². The van der Waals surface area contributed by atoms with Gasteiger partial charge >= 0.3 is 0 Å². The predicted molar refractivity (Wildman–Crippen MR) is 228 cm³/mol. The van der Waals surface area contributed by atoms with Crippen LogP contribution in [0.2, 0.25) is 5.02 Å². The number of nitrogens with one attached hydrogen (secondary N) is 2. The molecule has 0 aromatic heterocycles. The van der Waals surface area contributed by atoms with Crippen molar-refractivity contribution < 1.29 is 18.1 Å². The summed E-state index contributed by atoms with van der Waals surface area (Å²) >= 11 is 8.04. The van der Waals surface area contributed by atoms with Crippen molar-refractivity contribution in [3.05, 3.63) is 159 Å². The number of allylic oxidation sites excluding steroid dienone is 2. The van der Waals surface area contributed by atoms with Gasteiger partial charge in [-0.2, -0.15) is 0 Å². The summed E-state index contributed by atoms with van der Waals surface area (Å²) in [7, 11) is -0.506. The van der Waals surface area contributed by atoms with E-state index in [1.165, 1.54) is 34.4 Å². The lowest BCUT2D eigenvalue weighted by atomic mass is 9.82. The molecule has 0 saturated carbocycles. The molecule has 290 valence electrons. The average Bonchev–Trinajstić information content (AvgIpc) is 3.20. The molecule has 0 spiro atoms. The Morgan fingerprint density at radius 1 is 0.929 bits per heavy atom. The number of sulfonamides is 1. The fraction of sp³-hybridized carbons (Fsp3) is 0.250. The molecule has 0 aliphatic heterocycles. The van der Waals surface area contributed by atoms with Crippen molar-refractivity contribution in [1.82, 2.24) is 9.62 Å². The zero-order valence-corrected chi connectivity index (χ0v) is 33.7. The molecule has 5 aromatic rings. The zero-order chi connectivity index (χ0) is 39.7. The average molecular weight is 809 g/mol. The largest absolute Gasteiger partial charge is 0.376 e. The Balaban J connectivity index is 1.09. The molecule has 6 rings (SSSR count). The van der Waals surface area contributed by atoms with Gasteiger partial charge in [0.25, 0.3) is 21.6 Å². The number of hydrogen-bond acceptors (Lipinski definition) is 8. The summed E-state index contributed by atoms with van der Waals surface area (Å²) in [5.41, 5.74) is 5.73. The van der Waals surface area contributed by atoms with Crippen molar-refractivity contribution in [2.45, 2.75) is 47.9 Å². The van der Waals surface area contributed by atoms with E-state index < -0.39 is 26.5 Å². The highest BCUT2D eigenvalue weighted by Gasteiger charge is 2.26. The Morgan fingerprint density at radius 3 is 2.30 bits per heavy atom. The zero-order valence-electron chi connectivity index (χ0n) is 31.4. The number of nitro benzene ring substituents is 1.